The minimum atomic E-state index is -0.300. The van der Waals surface area contributed by atoms with Gasteiger partial charge in [0, 0.05) is 0 Å². The highest BCUT2D eigenvalue weighted by atomic mass is 27.0. The van der Waals surface area contributed by atoms with Crippen molar-refractivity contribution in [1.82, 2.24) is 5.32 Å². The van der Waals surface area contributed by atoms with Gasteiger partial charge in [0.1, 0.15) is 0 Å². The number of rotatable bonds is 0. The summed E-state index contributed by atoms with van der Waals surface area (Å²) in [4.78, 5) is 21.9. The van der Waals surface area contributed by atoms with Crippen molar-refractivity contribution in [2.24, 2.45) is 0 Å². The molecule has 19 heavy (non-hydrogen) atoms. The molecule has 94 valence electrons. The van der Waals surface area contributed by atoms with Gasteiger partial charge in [-0.25, -0.2) is 0 Å². The predicted molar refractivity (Wildman–Crippen MR) is 77.6 cm³/mol. The molecule has 0 aliphatic carbocycles. The summed E-state index contributed by atoms with van der Waals surface area (Å²) in [6.07, 6.45) is 0. The van der Waals surface area contributed by atoms with Crippen LogP contribution in [0.15, 0.2) is 48.5 Å². The largest absolute Gasteiger partial charge is 0.288 e. The predicted octanol–water partition coefficient (Wildman–Crippen LogP) is 0.824. The number of fused-ring (bicyclic) bond motifs is 1. The number of carbonyl (C=O) groups is 2. The van der Waals surface area contributed by atoms with Gasteiger partial charge in [-0.15, -0.1) is 4.43 Å². The van der Waals surface area contributed by atoms with E-state index >= 15 is 0 Å². The Balaban J connectivity index is 0.000000148. The quantitative estimate of drug-likeness (QED) is 0.567. The average molecular weight is 267 g/mol. The summed E-state index contributed by atoms with van der Waals surface area (Å²) in [6, 6.07) is 15.4. The summed E-state index contributed by atoms with van der Waals surface area (Å²) in [6.45, 7) is 2.11. The topological polar surface area (TPSA) is 46.2 Å². The Morgan fingerprint density at radius 1 is 0.842 bits per heavy atom. The normalized spacial score (nSPS) is 12.3. The molecule has 3 nitrogen and oxygen atoms in total. The van der Waals surface area contributed by atoms with E-state index in [4.69, 9.17) is 0 Å². The molecule has 2 aromatic carbocycles. The van der Waals surface area contributed by atoms with Crippen LogP contribution >= 0.6 is 0 Å². The van der Waals surface area contributed by atoms with Crippen molar-refractivity contribution in [3.05, 3.63) is 65.2 Å². The van der Waals surface area contributed by atoms with Crippen LogP contribution in [0.5, 0.6) is 0 Å². The molecule has 2 aromatic rings. The lowest BCUT2D eigenvalue weighted by molar-refractivity contribution is 0.0879. The second-order valence-electron chi connectivity index (χ2n) is 4.48. The number of hydrogen-bond donors (Lipinski definition) is 1. The monoisotopic (exact) mass is 267 g/mol. The van der Waals surface area contributed by atoms with Gasteiger partial charge in [-0.05, 0) is 19.1 Å². The fourth-order valence-electron chi connectivity index (χ4n) is 1.75. The Bertz CT molecular complexity index is 566. The Labute approximate surface area is 120 Å². The van der Waals surface area contributed by atoms with E-state index in [1.807, 2.05) is 0 Å². The van der Waals surface area contributed by atoms with Crippen molar-refractivity contribution in [2.45, 2.75) is 6.92 Å². The standard InChI is InChI=1S/C8H5NO2.C7H7.Al.2H/c10-7-5-3-1-2-4-6(5)8(11)9-7;1-7-5-3-2-4-6-7;;;/h1-4H,(H,9,10,11);3-6H,1H3;;;. The number of nitrogens with one attached hydrogen (secondary N) is 1. The minimum Gasteiger partial charge on any atom is -0.288 e. The zero-order valence-electron chi connectivity index (χ0n) is 10.9. The Hall–Kier alpha value is -1.89. The molecule has 0 spiro atoms. The third-order valence-electron chi connectivity index (χ3n) is 2.86. The molecule has 0 saturated heterocycles. The molecule has 1 N–H and O–H groups in total. The Morgan fingerprint density at radius 2 is 1.32 bits per heavy atom. The van der Waals surface area contributed by atoms with Gasteiger partial charge in [0.05, 0.1) is 11.1 Å². The smallest absolute Gasteiger partial charge is 0.258 e. The van der Waals surface area contributed by atoms with Crippen LogP contribution in [0, 0.1) is 6.92 Å². The Morgan fingerprint density at radius 3 is 1.74 bits per heavy atom. The summed E-state index contributed by atoms with van der Waals surface area (Å²) in [7, 11) is 0. The SMILES string of the molecule is Cc1cc[c]([AlH2])cc1.O=C1NC(=O)c2ccccc21. The average Bonchev–Trinajstić information content (AvgIpc) is 2.70. The summed E-state index contributed by atoms with van der Waals surface area (Å²) in [5, 5.41) is 2.20. The molecule has 0 aromatic heterocycles. The number of hydrogen-bond acceptors (Lipinski definition) is 2. The molecular formula is C15H14AlNO2. The fourth-order valence-corrected chi connectivity index (χ4v) is 2.09. The molecule has 4 heteroatoms. The van der Waals surface area contributed by atoms with Gasteiger partial charge < -0.3 is 0 Å². The van der Waals surface area contributed by atoms with Crippen molar-refractivity contribution in [3.63, 3.8) is 0 Å². The van der Waals surface area contributed by atoms with E-state index in [1.54, 1.807) is 24.3 Å². The number of aryl methyl sites for hydroxylation is 1. The molecule has 1 heterocycles. The van der Waals surface area contributed by atoms with Gasteiger partial charge in [0.2, 0.25) is 0 Å². The fraction of sp³-hybridized carbons (Fsp3) is 0.0667. The van der Waals surface area contributed by atoms with Gasteiger partial charge in [0.15, 0.2) is 0 Å². The zero-order valence-corrected chi connectivity index (χ0v) is 12.9. The highest BCUT2D eigenvalue weighted by molar-refractivity contribution is 6.32. The number of imide groups is 1. The lowest BCUT2D eigenvalue weighted by Crippen LogP contribution is -2.19. The first kappa shape index (κ1) is 13.5. The molecule has 0 bridgehead atoms. The molecule has 0 atom stereocenters. The first-order chi connectivity index (χ1) is 9.08. The van der Waals surface area contributed by atoms with Crippen molar-refractivity contribution < 1.29 is 9.59 Å². The van der Waals surface area contributed by atoms with Crippen LogP contribution in [0.3, 0.4) is 0 Å². The maximum absolute atomic E-state index is 10.9. The van der Waals surface area contributed by atoms with Crippen LogP contribution in [0.1, 0.15) is 26.3 Å². The summed E-state index contributed by atoms with van der Waals surface area (Å²) >= 11 is 1.17. The molecule has 0 saturated carbocycles. The summed E-state index contributed by atoms with van der Waals surface area (Å²) in [5.74, 6) is -0.601. The number of benzene rings is 2. The van der Waals surface area contributed by atoms with E-state index in [9.17, 15) is 9.59 Å². The highest BCUT2D eigenvalue weighted by Gasteiger charge is 2.25. The van der Waals surface area contributed by atoms with E-state index < -0.39 is 0 Å². The molecule has 3 rings (SSSR count). The van der Waals surface area contributed by atoms with Crippen LogP contribution in [-0.4, -0.2) is 28.1 Å². The van der Waals surface area contributed by atoms with Gasteiger partial charge in [-0.2, -0.15) is 0 Å². The minimum absolute atomic E-state index is 0.300. The van der Waals surface area contributed by atoms with E-state index in [0.29, 0.717) is 11.1 Å². The summed E-state index contributed by atoms with van der Waals surface area (Å²) in [5.41, 5.74) is 2.29. The second kappa shape index (κ2) is 5.84. The van der Waals surface area contributed by atoms with Crippen molar-refractivity contribution >= 4 is 32.5 Å². The third-order valence-corrected chi connectivity index (χ3v) is 3.53. The van der Waals surface area contributed by atoms with Crippen LogP contribution in [0.4, 0.5) is 0 Å². The molecule has 0 radical (unpaired) electrons. The molecular weight excluding hydrogens is 253 g/mol. The van der Waals surface area contributed by atoms with E-state index in [1.165, 1.54) is 26.3 Å². The lowest BCUT2D eigenvalue weighted by Gasteiger charge is -1.90. The Kier molecular flexibility index (Phi) is 4.16. The third kappa shape index (κ3) is 3.32. The van der Waals surface area contributed by atoms with Crippen molar-refractivity contribution in [3.8, 4) is 0 Å². The van der Waals surface area contributed by atoms with E-state index in [2.05, 4.69) is 36.5 Å². The van der Waals surface area contributed by atoms with Gasteiger partial charge in [0.25, 0.3) is 28.1 Å². The lowest BCUT2D eigenvalue weighted by atomic mass is 10.1. The first-order valence-corrected chi connectivity index (χ1v) is 7.06. The van der Waals surface area contributed by atoms with Crippen molar-refractivity contribution in [2.75, 3.05) is 0 Å². The zero-order chi connectivity index (χ0) is 13.8. The van der Waals surface area contributed by atoms with Crippen LogP contribution in [0.25, 0.3) is 0 Å². The molecule has 0 unspecified atom stereocenters. The second-order valence-corrected chi connectivity index (χ2v) is 5.64. The molecule has 2 amide bonds. The van der Waals surface area contributed by atoms with Crippen LogP contribution in [0.2, 0.25) is 0 Å². The van der Waals surface area contributed by atoms with Crippen LogP contribution < -0.4 is 9.74 Å². The number of carbonyl (C=O) groups excluding carboxylic acids is 2. The van der Waals surface area contributed by atoms with Gasteiger partial charge in [-0.3, -0.25) is 14.9 Å². The molecule has 1 aliphatic rings. The maximum Gasteiger partial charge on any atom is 0.258 e. The van der Waals surface area contributed by atoms with E-state index in [0.717, 1.165) is 0 Å². The molecule has 1 aliphatic heterocycles. The molecule has 0 fully saturated rings. The number of amides is 2. The highest BCUT2D eigenvalue weighted by Crippen LogP contribution is 2.13. The first-order valence-electron chi connectivity index (χ1n) is 6.06. The maximum atomic E-state index is 10.9. The van der Waals surface area contributed by atoms with E-state index in [-0.39, 0.29) is 11.8 Å². The van der Waals surface area contributed by atoms with Crippen molar-refractivity contribution in [1.29, 1.82) is 0 Å². The van der Waals surface area contributed by atoms with Gasteiger partial charge >= 0.3 is 0 Å². The van der Waals surface area contributed by atoms with Gasteiger partial charge in [-0.1, -0.05) is 42.0 Å². The van der Waals surface area contributed by atoms with Crippen LogP contribution in [-0.2, 0) is 0 Å². The summed E-state index contributed by atoms with van der Waals surface area (Å²) < 4.78 is 1.47.